The Balaban J connectivity index is 1.62. The van der Waals surface area contributed by atoms with Gasteiger partial charge in [0.2, 0.25) is 0 Å². The van der Waals surface area contributed by atoms with Gasteiger partial charge in [0, 0.05) is 28.8 Å². The van der Waals surface area contributed by atoms with Gasteiger partial charge in [0.25, 0.3) is 0 Å². The van der Waals surface area contributed by atoms with Crippen LogP contribution in [0.1, 0.15) is 37.3 Å². The highest BCUT2D eigenvalue weighted by Crippen LogP contribution is 2.43. The van der Waals surface area contributed by atoms with Crippen LogP contribution in [0.2, 0.25) is 10.0 Å². The maximum Gasteiger partial charge on any atom is 0.174 e. The fourth-order valence-electron chi connectivity index (χ4n) is 4.42. The molecule has 1 aliphatic rings. The van der Waals surface area contributed by atoms with E-state index in [1.165, 1.54) is 0 Å². The van der Waals surface area contributed by atoms with Crippen LogP contribution in [0, 0.1) is 0 Å². The van der Waals surface area contributed by atoms with E-state index >= 15 is 0 Å². The number of ether oxygens (including phenoxy) is 1. The van der Waals surface area contributed by atoms with E-state index in [1.54, 1.807) is 12.3 Å². The molecule has 178 valence electrons. The summed E-state index contributed by atoms with van der Waals surface area (Å²) >= 11 is 18.6. The Labute approximate surface area is 220 Å². The summed E-state index contributed by atoms with van der Waals surface area (Å²) in [5, 5.41) is 5.29. The van der Waals surface area contributed by atoms with Crippen molar-refractivity contribution in [2.75, 3.05) is 4.90 Å². The van der Waals surface area contributed by atoms with Gasteiger partial charge < -0.3 is 19.5 Å². The second-order valence-electron chi connectivity index (χ2n) is 8.56. The number of aromatic nitrogens is 2. The molecule has 35 heavy (non-hydrogen) atoms. The van der Waals surface area contributed by atoms with Crippen molar-refractivity contribution in [3.05, 3.63) is 107 Å². The van der Waals surface area contributed by atoms with Crippen molar-refractivity contribution in [1.82, 2.24) is 14.9 Å². The summed E-state index contributed by atoms with van der Waals surface area (Å²) in [5.41, 5.74) is 3.71. The van der Waals surface area contributed by atoms with E-state index in [-0.39, 0.29) is 18.2 Å². The number of halogens is 2. The van der Waals surface area contributed by atoms with Gasteiger partial charge in [-0.15, -0.1) is 0 Å². The number of hydrogen-bond acceptors (Lipinski definition) is 3. The van der Waals surface area contributed by atoms with E-state index in [9.17, 15) is 0 Å². The Morgan fingerprint density at radius 2 is 1.80 bits per heavy atom. The lowest BCUT2D eigenvalue weighted by molar-refractivity contribution is 0.242. The molecule has 4 aromatic rings. The summed E-state index contributed by atoms with van der Waals surface area (Å²) in [6.45, 7) is 4.02. The number of anilines is 1. The molecule has 1 N–H and O–H groups in total. The molecule has 8 heteroatoms. The van der Waals surface area contributed by atoms with E-state index in [1.807, 2.05) is 80.7 Å². The van der Waals surface area contributed by atoms with Crippen molar-refractivity contribution >= 4 is 46.2 Å². The fourth-order valence-corrected chi connectivity index (χ4v) is 5.27. The smallest absolute Gasteiger partial charge is 0.174 e. The summed E-state index contributed by atoms with van der Waals surface area (Å²) in [6, 6.07) is 23.2. The Hall–Kier alpha value is -3.06. The number of nitrogens with one attached hydrogen (secondary N) is 1. The monoisotopic (exact) mass is 522 g/mol. The van der Waals surface area contributed by atoms with E-state index in [0.29, 0.717) is 15.2 Å². The van der Waals surface area contributed by atoms with Gasteiger partial charge in [-0.05, 0) is 92.8 Å². The average molecular weight is 523 g/mol. The summed E-state index contributed by atoms with van der Waals surface area (Å²) in [4.78, 5) is 6.77. The van der Waals surface area contributed by atoms with Crippen LogP contribution in [0.5, 0.6) is 5.75 Å². The fraction of sp³-hybridized carbons (Fsp3) is 0.185. The molecule has 5 rings (SSSR count). The first-order chi connectivity index (χ1) is 16.9. The lowest BCUT2D eigenvalue weighted by Crippen LogP contribution is -2.30. The van der Waals surface area contributed by atoms with Crippen LogP contribution in [-0.4, -0.2) is 20.8 Å². The zero-order valence-corrected chi connectivity index (χ0v) is 21.6. The van der Waals surface area contributed by atoms with Gasteiger partial charge in [-0.3, -0.25) is 4.98 Å². The number of hydrogen-bond donors (Lipinski definition) is 1. The van der Waals surface area contributed by atoms with Crippen molar-refractivity contribution in [2.45, 2.75) is 32.0 Å². The summed E-state index contributed by atoms with van der Waals surface area (Å²) in [7, 11) is 0. The topological polar surface area (TPSA) is 42.3 Å². The number of rotatable bonds is 6. The van der Waals surface area contributed by atoms with Gasteiger partial charge in [0.05, 0.1) is 28.5 Å². The Bertz CT molecular complexity index is 1340. The summed E-state index contributed by atoms with van der Waals surface area (Å²) in [5.74, 6) is 0.816. The first kappa shape index (κ1) is 23.7. The zero-order chi connectivity index (χ0) is 24.5. The summed E-state index contributed by atoms with van der Waals surface area (Å²) < 4.78 is 7.92. The highest BCUT2D eigenvalue weighted by molar-refractivity contribution is 7.80. The highest BCUT2D eigenvalue weighted by atomic mass is 35.5. The molecule has 0 saturated carbocycles. The molecule has 5 nitrogen and oxygen atoms in total. The number of pyridine rings is 1. The van der Waals surface area contributed by atoms with Gasteiger partial charge in [-0.2, -0.15) is 0 Å². The molecule has 1 aliphatic heterocycles. The van der Waals surface area contributed by atoms with Crippen LogP contribution in [0.3, 0.4) is 0 Å². The molecule has 2 aromatic carbocycles. The number of thiocarbonyl (C=S) groups is 1. The lowest BCUT2D eigenvalue weighted by atomic mass is 10.0. The average Bonchev–Trinajstić information content (AvgIpc) is 3.44. The van der Waals surface area contributed by atoms with Crippen LogP contribution in [0.15, 0.2) is 85.2 Å². The largest absolute Gasteiger partial charge is 0.491 e. The Morgan fingerprint density at radius 3 is 2.49 bits per heavy atom. The maximum atomic E-state index is 6.61. The molecule has 3 heterocycles. The van der Waals surface area contributed by atoms with E-state index in [0.717, 1.165) is 28.5 Å². The normalized spacial score (nSPS) is 17.6. The van der Waals surface area contributed by atoms with E-state index in [4.69, 9.17) is 40.2 Å². The first-order valence-electron chi connectivity index (χ1n) is 11.3. The lowest BCUT2D eigenvalue weighted by Gasteiger charge is -2.29. The molecule has 0 amide bonds. The first-order valence-corrected chi connectivity index (χ1v) is 12.5. The molecule has 2 aromatic heterocycles. The van der Waals surface area contributed by atoms with Crippen LogP contribution in [0.4, 0.5) is 5.69 Å². The van der Waals surface area contributed by atoms with Gasteiger partial charge in [0.1, 0.15) is 11.8 Å². The van der Waals surface area contributed by atoms with Crippen LogP contribution in [0.25, 0.3) is 5.69 Å². The number of benzene rings is 2. The summed E-state index contributed by atoms with van der Waals surface area (Å²) in [6.07, 6.45) is 3.90. The molecular weight excluding hydrogens is 499 g/mol. The number of nitrogens with zero attached hydrogens (tertiary/aromatic N) is 3. The molecular formula is C27H24Cl2N4OS. The second-order valence-corrected chi connectivity index (χ2v) is 9.79. The third-order valence-electron chi connectivity index (χ3n) is 5.84. The standard InChI is InChI=1S/C27H24Cl2N4OS/c1-17(2)34-20-11-9-19(10-12-20)33-26(25(31-27(33)35)22-6-3-4-14-30-22)24-7-5-15-32(24)23-13-8-18(28)16-21(23)29/h3-17,25-26H,1-2H3,(H,31,35)/t25-,26-/m1/s1. The zero-order valence-electron chi connectivity index (χ0n) is 19.2. The Kier molecular flexibility index (Phi) is 6.69. The third kappa shape index (κ3) is 4.74. The second kappa shape index (κ2) is 9.90. The molecule has 2 atom stereocenters. The SMILES string of the molecule is CC(C)Oc1ccc(N2C(=S)N[C@H](c3ccccn3)[C@H]2c2cccn2-c2ccc(Cl)cc2Cl)cc1. The quantitative estimate of drug-likeness (QED) is 0.272. The van der Waals surface area contributed by atoms with Crippen molar-refractivity contribution in [1.29, 1.82) is 0 Å². The van der Waals surface area contributed by atoms with Gasteiger partial charge in [-0.25, -0.2) is 0 Å². The molecule has 0 radical (unpaired) electrons. The molecule has 1 saturated heterocycles. The van der Waals surface area contributed by atoms with Crippen molar-refractivity contribution in [3.8, 4) is 11.4 Å². The minimum Gasteiger partial charge on any atom is -0.491 e. The third-order valence-corrected chi connectivity index (χ3v) is 6.69. The van der Waals surface area contributed by atoms with E-state index in [2.05, 4.69) is 25.8 Å². The van der Waals surface area contributed by atoms with Crippen molar-refractivity contribution in [2.24, 2.45) is 0 Å². The Morgan fingerprint density at radius 1 is 1.00 bits per heavy atom. The van der Waals surface area contributed by atoms with Gasteiger partial charge in [0.15, 0.2) is 5.11 Å². The van der Waals surface area contributed by atoms with Crippen LogP contribution >= 0.6 is 35.4 Å². The minimum atomic E-state index is -0.184. The van der Waals surface area contributed by atoms with Gasteiger partial charge >= 0.3 is 0 Å². The maximum absolute atomic E-state index is 6.61. The molecule has 1 fully saturated rings. The molecule has 0 aliphatic carbocycles. The molecule has 0 bridgehead atoms. The minimum absolute atomic E-state index is 0.101. The van der Waals surface area contributed by atoms with Crippen LogP contribution < -0.4 is 15.0 Å². The predicted molar refractivity (Wildman–Crippen MR) is 146 cm³/mol. The highest BCUT2D eigenvalue weighted by Gasteiger charge is 2.42. The predicted octanol–water partition coefficient (Wildman–Crippen LogP) is 7.14. The van der Waals surface area contributed by atoms with E-state index < -0.39 is 0 Å². The van der Waals surface area contributed by atoms with Gasteiger partial charge in [-0.1, -0.05) is 29.3 Å². The van der Waals surface area contributed by atoms with Crippen LogP contribution in [-0.2, 0) is 0 Å². The van der Waals surface area contributed by atoms with Crippen molar-refractivity contribution < 1.29 is 4.74 Å². The molecule has 0 spiro atoms. The molecule has 0 unspecified atom stereocenters. The van der Waals surface area contributed by atoms with Crippen molar-refractivity contribution in [3.63, 3.8) is 0 Å².